The number of esters is 1. The van der Waals surface area contributed by atoms with E-state index < -0.39 is 53.1 Å². The molecule has 0 saturated heterocycles. The van der Waals surface area contributed by atoms with Crippen LogP contribution in [0.4, 0.5) is 15.8 Å². The summed E-state index contributed by atoms with van der Waals surface area (Å²) in [6, 6.07) is 8.97. The highest BCUT2D eigenvalue weighted by Gasteiger charge is 2.16. The Kier molecular flexibility index (Phi) is 7.18. The zero-order chi connectivity index (χ0) is 21.4. The fourth-order valence-electron chi connectivity index (χ4n) is 2.19. The average Bonchev–Trinajstić information content (AvgIpc) is 2.71. The lowest BCUT2D eigenvalue weighted by Gasteiger charge is -2.09. The Bertz CT molecular complexity index is 949. The van der Waals surface area contributed by atoms with Gasteiger partial charge in [0.2, 0.25) is 0 Å². The van der Waals surface area contributed by atoms with Crippen molar-refractivity contribution in [2.45, 2.75) is 0 Å². The van der Waals surface area contributed by atoms with Crippen molar-refractivity contribution in [1.29, 1.82) is 0 Å². The van der Waals surface area contributed by atoms with Crippen LogP contribution in [0.5, 0.6) is 5.75 Å². The summed E-state index contributed by atoms with van der Waals surface area (Å²) < 4.78 is 23.3. The molecule has 0 fully saturated rings. The Balaban J connectivity index is 1.83. The minimum Gasteiger partial charge on any atom is -0.496 e. The monoisotopic (exact) mass is 405 g/mol. The Morgan fingerprint density at radius 2 is 1.90 bits per heavy atom. The van der Waals surface area contributed by atoms with E-state index in [1.54, 1.807) is 18.2 Å². The molecule has 0 spiro atoms. The van der Waals surface area contributed by atoms with Gasteiger partial charge in [-0.1, -0.05) is 12.1 Å². The highest BCUT2D eigenvalue weighted by molar-refractivity contribution is 5.98. The van der Waals surface area contributed by atoms with E-state index >= 15 is 0 Å². The zero-order valence-electron chi connectivity index (χ0n) is 15.1. The predicted molar refractivity (Wildman–Crippen MR) is 98.0 cm³/mol. The average molecular weight is 405 g/mol. The van der Waals surface area contributed by atoms with Gasteiger partial charge in [0.1, 0.15) is 18.1 Å². The molecule has 0 radical (unpaired) electrons. The molecule has 0 aromatic heterocycles. The smallest absolute Gasteiger partial charge is 0.325 e. The maximum atomic E-state index is 13.6. The topological polar surface area (TPSA) is 137 Å². The summed E-state index contributed by atoms with van der Waals surface area (Å²) in [4.78, 5) is 45.5. The first kappa shape index (κ1) is 21.3. The number of carbonyl (C=O) groups excluding carboxylic acids is 3. The van der Waals surface area contributed by atoms with E-state index in [1.165, 1.54) is 13.2 Å². The third-order valence-electron chi connectivity index (χ3n) is 3.54. The number of carbonyl (C=O) groups is 3. The summed E-state index contributed by atoms with van der Waals surface area (Å²) in [7, 11) is 1.39. The first-order valence-electron chi connectivity index (χ1n) is 8.12. The number of hydrogen-bond acceptors (Lipinski definition) is 7. The van der Waals surface area contributed by atoms with Crippen LogP contribution in [0.25, 0.3) is 0 Å². The number of amides is 2. The van der Waals surface area contributed by atoms with Crippen LogP contribution in [0.15, 0.2) is 42.5 Å². The van der Waals surface area contributed by atoms with E-state index in [-0.39, 0.29) is 5.56 Å². The fourth-order valence-corrected chi connectivity index (χ4v) is 2.19. The summed E-state index contributed by atoms with van der Waals surface area (Å²) in [6.45, 7) is -1.29. The number of nitrogens with one attached hydrogen (secondary N) is 2. The van der Waals surface area contributed by atoms with E-state index in [0.29, 0.717) is 5.75 Å². The van der Waals surface area contributed by atoms with Gasteiger partial charge in [-0.2, -0.15) is 0 Å². The van der Waals surface area contributed by atoms with E-state index in [2.05, 4.69) is 15.4 Å². The van der Waals surface area contributed by atoms with Gasteiger partial charge in [-0.15, -0.1) is 0 Å². The highest BCUT2D eigenvalue weighted by atomic mass is 19.1. The molecular formula is C18H16FN3O7. The number of hydrogen-bond donors (Lipinski definition) is 2. The zero-order valence-corrected chi connectivity index (χ0v) is 15.1. The molecule has 29 heavy (non-hydrogen) atoms. The van der Waals surface area contributed by atoms with Gasteiger partial charge in [-0.25, -0.2) is 4.39 Å². The number of benzene rings is 2. The first-order valence-corrected chi connectivity index (χ1v) is 8.12. The van der Waals surface area contributed by atoms with Crippen molar-refractivity contribution in [3.63, 3.8) is 0 Å². The molecule has 2 amide bonds. The molecule has 10 nitrogen and oxygen atoms in total. The van der Waals surface area contributed by atoms with Crippen molar-refractivity contribution < 1.29 is 33.2 Å². The van der Waals surface area contributed by atoms with Gasteiger partial charge in [0.05, 0.1) is 23.3 Å². The largest absolute Gasteiger partial charge is 0.496 e. The standard InChI is InChI=1S/C18H16FN3O7/c1-28-15-5-3-2-4-12(15)18(25)20-9-17(24)29-10-16(23)21-14-8-11(22(26)27)6-7-13(14)19/h2-8H,9-10H2,1H3,(H,20,25)(H,21,23). The molecule has 152 valence electrons. The van der Waals surface area contributed by atoms with Gasteiger partial charge in [0.25, 0.3) is 17.5 Å². The van der Waals surface area contributed by atoms with Crippen molar-refractivity contribution in [2.24, 2.45) is 0 Å². The second-order valence-electron chi connectivity index (χ2n) is 5.51. The molecule has 0 unspecified atom stereocenters. The van der Waals surface area contributed by atoms with Gasteiger partial charge >= 0.3 is 5.97 Å². The molecule has 0 atom stereocenters. The number of methoxy groups -OCH3 is 1. The molecule has 0 aliphatic carbocycles. The molecule has 2 N–H and O–H groups in total. The van der Waals surface area contributed by atoms with Crippen LogP contribution in [0.2, 0.25) is 0 Å². The molecule has 0 heterocycles. The number of anilines is 1. The highest BCUT2D eigenvalue weighted by Crippen LogP contribution is 2.21. The van der Waals surface area contributed by atoms with Crippen molar-refractivity contribution >= 4 is 29.2 Å². The second kappa shape index (κ2) is 9.78. The molecule has 0 saturated carbocycles. The molecule has 0 aliphatic heterocycles. The van der Waals surface area contributed by atoms with Gasteiger partial charge in [-0.05, 0) is 18.2 Å². The number of halogens is 1. The van der Waals surface area contributed by atoms with Crippen molar-refractivity contribution in [3.05, 3.63) is 64.0 Å². The molecular weight excluding hydrogens is 389 g/mol. The van der Waals surface area contributed by atoms with E-state index in [9.17, 15) is 28.9 Å². The lowest BCUT2D eigenvalue weighted by Crippen LogP contribution is -2.32. The summed E-state index contributed by atoms with van der Waals surface area (Å²) in [6.07, 6.45) is 0. The van der Waals surface area contributed by atoms with Crippen LogP contribution in [0.1, 0.15) is 10.4 Å². The molecule has 2 rings (SSSR count). The maximum absolute atomic E-state index is 13.6. The minimum absolute atomic E-state index is 0.210. The number of nitro groups is 1. The predicted octanol–water partition coefficient (Wildman–Crippen LogP) is 1.65. The summed E-state index contributed by atoms with van der Waals surface area (Å²) >= 11 is 0. The van der Waals surface area contributed by atoms with Crippen LogP contribution in [-0.4, -0.2) is 43.0 Å². The molecule has 11 heteroatoms. The molecule has 0 bridgehead atoms. The lowest BCUT2D eigenvalue weighted by molar-refractivity contribution is -0.384. The van der Waals surface area contributed by atoms with Gasteiger partial charge < -0.3 is 20.1 Å². The second-order valence-corrected chi connectivity index (χ2v) is 5.51. The SMILES string of the molecule is COc1ccccc1C(=O)NCC(=O)OCC(=O)Nc1cc([N+](=O)[O-])ccc1F. The van der Waals surface area contributed by atoms with Gasteiger partial charge in [0, 0.05) is 12.1 Å². The Labute approximate surface area is 163 Å². The number of nitrogens with zero attached hydrogens (tertiary/aromatic N) is 1. The quantitative estimate of drug-likeness (QED) is 0.387. The summed E-state index contributed by atoms with van der Waals surface area (Å²) in [5.74, 6) is -2.98. The Hall–Kier alpha value is -4.02. The van der Waals surface area contributed by atoms with Crippen LogP contribution < -0.4 is 15.4 Å². The molecule has 0 aliphatic rings. The lowest BCUT2D eigenvalue weighted by atomic mass is 10.2. The maximum Gasteiger partial charge on any atom is 0.325 e. The minimum atomic E-state index is -0.914. The number of ether oxygens (including phenoxy) is 2. The molecule has 2 aromatic carbocycles. The fraction of sp³-hybridized carbons (Fsp3) is 0.167. The van der Waals surface area contributed by atoms with Crippen molar-refractivity contribution in [1.82, 2.24) is 5.32 Å². The van der Waals surface area contributed by atoms with Crippen LogP contribution >= 0.6 is 0 Å². The number of nitro benzene ring substituents is 1. The van der Waals surface area contributed by atoms with Crippen molar-refractivity contribution in [3.8, 4) is 5.75 Å². The Morgan fingerprint density at radius 3 is 2.59 bits per heavy atom. The number of non-ortho nitro benzene ring substituents is 1. The normalized spacial score (nSPS) is 10.0. The van der Waals surface area contributed by atoms with E-state index in [1.807, 2.05) is 0 Å². The van der Waals surface area contributed by atoms with Gasteiger partial charge in [-0.3, -0.25) is 24.5 Å². The summed E-state index contributed by atoms with van der Waals surface area (Å²) in [5, 5.41) is 15.1. The molecule has 2 aromatic rings. The number of rotatable bonds is 8. The van der Waals surface area contributed by atoms with E-state index in [4.69, 9.17) is 4.74 Å². The number of para-hydroxylation sites is 1. The third kappa shape index (κ3) is 5.99. The van der Waals surface area contributed by atoms with E-state index in [0.717, 1.165) is 18.2 Å². The Morgan fingerprint density at radius 1 is 1.17 bits per heavy atom. The van der Waals surface area contributed by atoms with Crippen LogP contribution in [-0.2, 0) is 14.3 Å². The first-order chi connectivity index (χ1) is 13.8. The summed E-state index contributed by atoms with van der Waals surface area (Å²) in [5.41, 5.74) is -0.635. The van der Waals surface area contributed by atoms with Gasteiger partial charge in [0.15, 0.2) is 6.61 Å². The van der Waals surface area contributed by atoms with Crippen molar-refractivity contribution in [2.75, 3.05) is 25.6 Å². The van der Waals surface area contributed by atoms with Crippen LogP contribution in [0.3, 0.4) is 0 Å². The van der Waals surface area contributed by atoms with Crippen LogP contribution in [0, 0.1) is 15.9 Å². The third-order valence-corrected chi connectivity index (χ3v) is 3.54.